The smallest absolute Gasteiger partial charge is 0.272 e. The molecule has 2 heterocycles. The largest absolute Gasteiger partial charge is 0.492 e. The molecule has 2 aromatic carbocycles. The number of amides is 1. The van der Waals surface area contributed by atoms with Gasteiger partial charge in [-0.05, 0) is 31.2 Å². The summed E-state index contributed by atoms with van der Waals surface area (Å²) in [5, 5.41) is 1.05. The van der Waals surface area contributed by atoms with E-state index in [9.17, 15) is 4.79 Å². The molecule has 5 heteroatoms. The highest BCUT2D eigenvalue weighted by atomic mass is 16.5. The van der Waals surface area contributed by atoms with E-state index < -0.39 is 0 Å². The fraction of sp³-hybridized carbons (Fsp3) is 0.273. The summed E-state index contributed by atoms with van der Waals surface area (Å²) in [6.45, 7) is 5.54. The van der Waals surface area contributed by atoms with Crippen LogP contribution in [0.15, 0.2) is 60.7 Å². The number of para-hydroxylation sites is 3. The summed E-state index contributed by atoms with van der Waals surface area (Å²) in [5.41, 5.74) is 2.46. The lowest BCUT2D eigenvalue weighted by Crippen LogP contribution is -2.49. The number of pyridine rings is 1. The summed E-state index contributed by atoms with van der Waals surface area (Å²) in [4.78, 5) is 21.6. The third kappa shape index (κ3) is 3.58. The van der Waals surface area contributed by atoms with Crippen LogP contribution in [0.25, 0.3) is 10.9 Å². The second-order valence-electron chi connectivity index (χ2n) is 6.57. The van der Waals surface area contributed by atoms with Crippen LogP contribution < -0.4 is 9.64 Å². The van der Waals surface area contributed by atoms with Gasteiger partial charge in [0.05, 0.1) is 17.8 Å². The number of nitrogens with zero attached hydrogens (tertiary/aromatic N) is 3. The summed E-state index contributed by atoms with van der Waals surface area (Å²) >= 11 is 0. The first-order chi connectivity index (χ1) is 13.3. The van der Waals surface area contributed by atoms with Crippen molar-refractivity contribution in [2.45, 2.75) is 6.92 Å². The molecule has 3 aromatic rings. The van der Waals surface area contributed by atoms with Gasteiger partial charge in [0.1, 0.15) is 11.4 Å². The first-order valence-electron chi connectivity index (χ1n) is 9.38. The van der Waals surface area contributed by atoms with Crippen LogP contribution in [0.3, 0.4) is 0 Å². The van der Waals surface area contributed by atoms with Crippen molar-refractivity contribution in [3.63, 3.8) is 0 Å². The zero-order valence-electron chi connectivity index (χ0n) is 15.5. The Morgan fingerprint density at radius 3 is 2.52 bits per heavy atom. The minimum Gasteiger partial charge on any atom is -0.492 e. The van der Waals surface area contributed by atoms with Crippen LogP contribution in [0, 0.1) is 0 Å². The van der Waals surface area contributed by atoms with Gasteiger partial charge in [-0.2, -0.15) is 0 Å². The molecule has 1 aromatic heterocycles. The highest BCUT2D eigenvalue weighted by Crippen LogP contribution is 2.29. The number of carbonyl (C=O) groups is 1. The van der Waals surface area contributed by atoms with E-state index in [-0.39, 0.29) is 5.91 Å². The number of hydrogen-bond acceptors (Lipinski definition) is 4. The Hall–Kier alpha value is -3.08. The van der Waals surface area contributed by atoms with Crippen LogP contribution in [0.5, 0.6) is 5.75 Å². The molecule has 0 saturated carbocycles. The molecule has 0 N–H and O–H groups in total. The zero-order chi connectivity index (χ0) is 18.6. The average Bonchev–Trinajstić information content (AvgIpc) is 2.74. The lowest BCUT2D eigenvalue weighted by molar-refractivity contribution is 0.0741. The Bertz CT molecular complexity index is 949. The van der Waals surface area contributed by atoms with Gasteiger partial charge in [0.2, 0.25) is 0 Å². The summed E-state index contributed by atoms with van der Waals surface area (Å²) < 4.78 is 5.74. The SMILES string of the molecule is CCOc1ccccc1N1CCN(C(=O)c2ccc3ccccc3n2)CC1. The van der Waals surface area contributed by atoms with Crippen LogP contribution >= 0.6 is 0 Å². The molecule has 0 atom stereocenters. The topological polar surface area (TPSA) is 45.7 Å². The van der Waals surface area contributed by atoms with Gasteiger partial charge in [-0.3, -0.25) is 4.79 Å². The predicted molar refractivity (Wildman–Crippen MR) is 107 cm³/mol. The number of aromatic nitrogens is 1. The number of piperazine rings is 1. The monoisotopic (exact) mass is 361 g/mol. The molecule has 138 valence electrons. The summed E-state index contributed by atoms with van der Waals surface area (Å²) in [5.74, 6) is 0.898. The minimum atomic E-state index is -0.00139. The van der Waals surface area contributed by atoms with Crippen molar-refractivity contribution in [1.29, 1.82) is 0 Å². The van der Waals surface area contributed by atoms with E-state index in [1.54, 1.807) is 0 Å². The lowest BCUT2D eigenvalue weighted by atomic mass is 10.2. The third-order valence-corrected chi connectivity index (χ3v) is 4.89. The molecule has 0 aliphatic carbocycles. The fourth-order valence-electron chi connectivity index (χ4n) is 3.49. The molecule has 1 saturated heterocycles. The maximum Gasteiger partial charge on any atom is 0.272 e. The Labute approximate surface area is 159 Å². The molecule has 1 aliphatic heterocycles. The average molecular weight is 361 g/mol. The van der Waals surface area contributed by atoms with Gasteiger partial charge in [0.15, 0.2) is 0 Å². The molecule has 5 nitrogen and oxygen atoms in total. The van der Waals surface area contributed by atoms with Gasteiger partial charge >= 0.3 is 0 Å². The Kier molecular flexibility index (Phi) is 4.92. The van der Waals surface area contributed by atoms with E-state index in [1.165, 1.54) is 0 Å². The third-order valence-electron chi connectivity index (χ3n) is 4.89. The molecular weight excluding hydrogens is 338 g/mol. The fourth-order valence-corrected chi connectivity index (χ4v) is 3.49. The summed E-state index contributed by atoms with van der Waals surface area (Å²) in [7, 11) is 0. The first kappa shape index (κ1) is 17.3. The molecule has 0 spiro atoms. The highest BCUT2D eigenvalue weighted by Gasteiger charge is 2.24. The summed E-state index contributed by atoms with van der Waals surface area (Å²) in [6, 6.07) is 19.7. The zero-order valence-corrected chi connectivity index (χ0v) is 15.5. The normalized spacial score (nSPS) is 14.4. The van der Waals surface area contributed by atoms with Gasteiger partial charge in [0, 0.05) is 31.6 Å². The van der Waals surface area contributed by atoms with Crippen molar-refractivity contribution in [2.75, 3.05) is 37.7 Å². The van der Waals surface area contributed by atoms with E-state index in [4.69, 9.17) is 4.74 Å². The summed E-state index contributed by atoms with van der Waals surface area (Å²) in [6.07, 6.45) is 0. The van der Waals surface area contributed by atoms with Crippen molar-refractivity contribution in [3.05, 3.63) is 66.4 Å². The molecule has 0 radical (unpaired) electrons. The van der Waals surface area contributed by atoms with E-state index in [0.29, 0.717) is 25.4 Å². The van der Waals surface area contributed by atoms with E-state index in [2.05, 4.69) is 16.0 Å². The van der Waals surface area contributed by atoms with E-state index in [1.807, 2.05) is 66.4 Å². The Morgan fingerprint density at radius 1 is 0.963 bits per heavy atom. The van der Waals surface area contributed by atoms with Crippen molar-refractivity contribution in [2.24, 2.45) is 0 Å². The van der Waals surface area contributed by atoms with Gasteiger partial charge in [-0.15, -0.1) is 0 Å². The second-order valence-corrected chi connectivity index (χ2v) is 6.57. The predicted octanol–water partition coefficient (Wildman–Crippen LogP) is 3.60. The van der Waals surface area contributed by atoms with Gasteiger partial charge in [-0.25, -0.2) is 4.98 Å². The van der Waals surface area contributed by atoms with Gasteiger partial charge in [-0.1, -0.05) is 36.4 Å². The van der Waals surface area contributed by atoms with Crippen LogP contribution in [0.4, 0.5) is 5.69 Å². The number of anilines is 1. The highest BCUT2D eigenvalue weighted by molar-refractivity contribution is 5.95. The molecule has 4 rings (SSSR count). The van der Waals surface area contributed by atoms with E-state index >= 15 is 0 Å². The molecule has 1 amide bonds. The number of hydrogen-bond donors (Lipinski definition) is 0. The van der Waals surface area contributed by atoms with Crippen molar-refractivity contribution < 1.29 is 9.53 Å². The van der Waals surface area contributed by atoms with Crippen LogP contribution in [-0.4, -0.2) is 48.6 Å². The van der Waals surface area contributed by atoms with Crippen LogP contribution in [-0.2, 0) is 0 Å². The van der Waals surface area contributed by atoms with Gasteiger partial charge < -0.3 is 14.5 Å². The number of rotatable bonds is 4. The molecule has 0 unspecified atom stereocenters. The first-order valence-corrected chi connectivity index (χ1v) is 9.38. The molecule has 1 fully saturated rings. The van der Waals surface area contributed by atoms with Crippen LogP contribution in [0.1, 0.15) is 17.4 Å². The Balaban J connectivity index is 1.46. The maximum absolute atomic E-state index is 12.9. The number of benzene rings is 2. The van der Waals surface area contributed by atoms with Crippen LogP contribution in [0.2, 0.25) is 0 Å². The van der Waals surface area contributed by atoms with E-state index in [0.717, 1.165) is 35.4 Å². The van der Waals surface area contributed by atoms with Crippen molar-refractivity contribution >= 4 is 22.5 Å². The Morgan fingerprint density at radius 2 is 1.70 bits per heavy atom. The number of ether oxygens (including phenoxy) is 1. The van der Waals surface area contributed by atoms with Crippen molar-refractivity contribution in [1.82, 2.24) is 9.88 Å². The maximum atomic E-state index is 12.9. The standard InChI is InChI=1S/C22H23N3O2/c1-2-27-21-10-6-5-9-20(21)24-13-15-25(16-14-24)22(26)19-12-11-17-7-3-4-8-18(17)23-19/h3-12H,2,13-16H2,1H3. The quantitative estimate of drug-likeness (QED) is 0.712. The minimum absolute atomic E-state index is 0.00139. The molecule has 1 aliphatic rings. The molecule has 27 heavy (non-hydrogen) atoms. The second kappa shape index (κ2) is 7.66. The molecular formula is C22H23N3O2. The van der Waals surface area contributed by atoms with Crippen molar-refractivity contribution in [3.8, 4) is 5.75 Å². The number of fused-ring (bicyclic) bond motifs is 1. The molecule has 0 bridgehead atoms. The van der Waals surface area contributed by atoms with Gasteiger partial charge in [0.25, 0.3) is 5.91 Å². The lowest BCUT2D eigenvalue weighted by Gasteiger charge is -2.36. The number of carbonyl (C=O) groups excluding carboxylic acids is 1.